The molecule has 0 radical (unpaired) electrons. The molecule has 2 aromatic rings. The molecule has 0 saturated carbocycles. The predicted molar refractivity (Wildman–Crippen MR) is 88.7 cm³/mol. The summed E-state index contributed by atoms with van der Waals surface area (Å²) in [7, 11) is 1.66. The molecule has 0 aliphatic carbocycles. The van der Waals surface area contributed by atoms with Gasteiger partial charge in [0.25, 0.3) is 0 Å². The van der Waals surface area contributed by atoms with Gasteiger partial charge in [0.1, 0.15) is 11.8 Å². The Hall–Kier alpha value is -2.31. The van der Waals surface area contributed by atoms with Crippen LogP contribution in [-0.2, 0) is 6.54 Å². The van der Waals surface area contributed by atoms with Crippen molar-refractivity contribution >= 4 is 0 Å². The average Bonchev–Trinajstić information content (AvgIpc) is 2.56. The van der Waals surface area contributed by atoms with Crippen LogP contribution in [0.5, 0.6) is 5.75 Å². The van der Waals surface area contributed by atoms with Crippen LogP contribution >= 0.6 is 0 Å². The van der Waals surface area contributed by atoms with Gasteiger partial charge in [-0.2, -0.15) is 5.26 Å². The highest BCUT2D eigenvalue weighted by Crippen LogP contribution is 2.21. The normalized spacial score (nSPS) is 12.0. The number of nitriles is 1. The first-order valence-electron chi connectivity index (χ1n) is 7.50. The van der Waals surface area contributed by atoms with E-state index in [1.54, 1.807) is 7.11 Å². The number of methoxy groups -OCH3 is 1. The first-order chi connectivity index (χ1) is 10.7. The molecule has 114 valence electrons. The van der Waals surface area contributed by atoms with E-state index in [0.29, 0.717) is 12.5 Å². The minimum absolute atomic E-state index is 0.328. The molecule has 0 fully saturated rings. The number of hydrogen-bond donors (Lipinski definition) is 1. The summed E-state index contributed by atoms with van der Waals surface area (Å²) in [4.78, 5) is 0. The molecule has 1 atom stereocenters. The zero-order valence-electron chi connectivity index (χ0n) is 13.3. The van der Waals surface area contributed by atoms with Gasteiger partial charge in [-0.15, -0.1) is 0 Å². The van der Waals surface area contributed by atoms with E-state index in [1.807, 2.05) is 36.4 Å². The third-order valence-electron chi connectivity index (χ3n) is 3.75. The van der Waals surface area contributed by atoms with Crippen LogP contribution in [0.1, 0.15) is 42.5 Å². The van der Waals surface area contributed by atoms with Gasteiger partial charge in [0.05, 0.1) is 13.2 Å². The summed E-state index contributed by atoms with van der Waals surface area (Å²) < 4.78 is 5.34. The van der Waals surface area contributed by atoms with E-state index in [9.17, 15) is 5.26 Å². The Morgan fingerprint density at radius 3 is 2.27 bits per heavy atom. The fraction of sp³-hybridized carbons (Fsp3) is 0.316. The topological polar surface area (TPSA) is 45.0 Å². The highest BCUT2D eigenvalue weighted by Gasteiger charge is 2.11. The Labute approximate surface area is 132 Å². The van der Waals surface area contributed by atoms with E-state index < -0.39 is 0 Å². The van der Waals surface area contributed by atoms with Crippen molar-refractivity contribution in [3.63, 3.8) is 0 Å². The number of benzene rings is 2. The number of nitrogens with zero attached hydrogens (tertiary/aromatic N) is 1. The molecule has 0 aliphatic heterocycles. The third-order valence-corrected chi connectivity index (χ3v) is 3.75. The number of rotatable bonds is 6. The Bertz CT molecular complexity index is 641. The summed E-state index contributed by atoms with van der Waals surface area (Å²) in [6.45, 7) is 4.92. The van der Waals surface area contributed by atoms with E-state index in [2.05, 4.69) is 37.4 Å². The van der Waals surface area contributed by atoms with Gasteiger partial charge in [0.15, 0.2) is 0 Å². The van der Waals surface area contributed by atoms with E-state index >= 15 is 0 Å². The van der Waals surface area contributed by atoms with Crippen LogP contribution in [0, 0.1) is 11.3 Å². The van der Waals surface area contributed by atoms with E-state index in [0.717, 1.165) is 16.9 Å². The van der Waals surface area contributed by atoms with Gasteiger partial charge in [-0.05, 0) is 23.1 Å². The van der Waals surface area contributed by atoms with Crippen molar-refractivity contribution in [2.75, 3.05) is 7.11 Å². The average molecular weight is 294 g/mol. The van der Waals surface area contributed by atoms with Gasteiger partial charge >= 0.3 is 0 Å². The van der Waals surface area contributed by atoms with Gasteiger partial charge in [-0.3, -0.25) is 5.32 Å². The third kappa shape index (κ3) is 3.87. The highest BCUT2D eigenvalue weighted by atomic mass is 16.5. The molecule has 1 unspecified atom stereocenters. The summed E-state index contributed by atoms with van der Waals surface area (Å²) in [5.41, 5.74) is 3.32. The standard InChI is InChI=1S/C19H22N2O/c1-14(2)15-8-10-16(11-9-15)18(12-20)21-13-17-6-4-5-7-19(17)22-3/h4-11,14,18,21H,13H2,1-3H3. The maximum atomic E-state index is 9.42. The van der Waals surface area contributed by atoms with Crippen molar-refractivity contribution in [3.05, 3.63) is 65.2 Å². The maximum Gasteiger partial charge on any atom is 0.123 e. The molecule has 22 heavy (non-hydrogen) atoms. The van der Waals surface area contributed by atoms with Crippen LogP contribution in [0.4, 0.5) is 0 Å². The Morgan fingerprint density at radius 1 is 1.05 bits per heavy atom. The first kappa shape index (κ1) is 16.1. The zero-order chi connectivity index (χ0) is 15.9. The molecular formula is C19H22N2O. The number of nitrogens with one attached hydrogen (secondary N) is 1. The smallest absolute Gasteiger partial charge is 0.123 e. The lowest BCUT2D eigenvalue weighted by Crippen LogP contribution is -2.19. The lowest BCUT2D eigenvalue weighted by Gasteiger charge is -2.15. The summed E-state index contributed by atoms with van der Waals surface area (Å²) >= 11 is 0. The van der Waals surface area contributed by atoms with Crippen LogP contribution < -0.4 is 10.1 Å². The lowest BCUT2D eigenvalue weighted by atomic mass is 9.99. The SMILES string of the molecule is COc1ccccc1CNC(C#N)c1ccc(C(C)C)cc1. The van der Waals surface area contributed by atoms with Crippen molar-refractivity contribution in [2.45, 2.75) is 32.4 Å². The van der Waals surface area contributed by atoms with Gasteiger partial charge in [-0.25, -0.2) is 0 Å². The zero-order valence-corrected chi connectivity index (χ0v) is 13.3. The molecule has 3 nitrogen and oxygen atoms in total. The fourth-order valence-electron chi connectivity index (χ4n) is 2.37. The summed E-state index contributed by atoms with van der Waals surface area (Å²) in [6, 6.07) is 18.1. The van der Waals surface area contributed by atoms with Crippen LogP contribution in [-0.4, -0.2) is 7.11 Å². The number of hydrogen-bond acceptors (Lipinski definition) is 3. The second-order valence-electron chi connectivity index (χ2n) is 5.58. The number of para-hydroxylation sites is 1. The Morgan fingerprint density at radius 2 is 1.68 bits per heavy atom. The quantitative estimate of drug-likeness (QED) is 0.869. The lowest BCUT2D eigenvalue weighted by molar-refractivity contribution is 0.407. The van der Waals surface area contributed by atoms with Crippen molar-refractivity contribution in [3.8, 4) is 11.8 Å². The molecule has 2 rings (SSSR count). The summed E-state index contributed by atoms with van der Waals surface area (Å²) in [6.07, 6.45) is 0. The molecular weight excluding hydrogens is 272 g/mol. The minimum Gasteiger partial charge on any atom is -0.496 e. The van der Waals surface area contributed by atoms with Gasteiger partial charge in [0, 0.05) is 12.1 Å². The first-order valence-corrected chi connectivity index (χ1v) is 7.50. The molecule has 0 spiro atoms. The molecule has 0 bridgehead atoms. The van der Waals surface area contributed by atoms with Crippen LogP contribution in [0.25, 0.3) is 0 Å². The molecule has 1 N–H and O–H groups in total. The Balaban J connectivity index is 2.08. The van der Waals surface area contributed by atoms with Crippen molar-refractivity contribution in [1.82, 2.24) is 5.32 Å². The van der Waals surface area contributed by atoms with Crippen LogP contribution in [0.3, 0.4) is 0 Å². The van der Waals surface area contributed by atoms with Crippen LogP contribution in [0.15, 0.2) is 48.5 Å². The van der Waals surface area contributed by atoms with E-state index in [-0.39, 0.29) is 6.04 Å². The maximum absolute atomic E-state index is 9.42. The van der Waals surface area contributed by atoms with Crippen molar-refractivity contribution in [2.24, 2.45) is 0 Å². The molecule has 0 heterocycles. The van der Waals surface area contributed by atoms with Gasteiger partial charge < -0.3 is 4.74 Å². The Kier molecular flexibility index (Phi) is 5.57. The molecule has 2 aromatic carbocycles. The largest absolute Gasteiger partial charge is 0.496 e. The summed E-state index contributed by atoms with van der Waals surface area (Å²) in [5.74, 6) is 1.33. The van der Waals surface area contributed by atoms with Crippen LogP contribution in [0.2, 0.25) is 0 Å². The summed E-state index contributed by atoms with van der Waals surface area (Å²) in [5, 5.41) is 12.7. The van der Waals surface area contributed by atoms with E-state index in [1.165, 1.54) is 5.56 Å². The van der Waals surface area contributed by atoms with E-state index in [4.69, 9.17) is 4.74 Å². The second-order valence-corrected chi connectivity index (χ2v) is 5.58. The highest BCUT2D eigenvalue weighted by molar-refractivity contribution is 5.34. The van der Waals surface area contributed by atoms with Crippen molar-refractivity contribution < 1.29 is 4.74 Å². The monoisotopic (exact) mass is 294 g/mol. The minimum atomic E-state index is -0.328. The second kappa shape index (κ2) is 7.63. The molecule has 0 saturated heterocycles. The molecule has 0 aromatic heterocycles. The molecule has 0 amide bonds. The van der Waals surface area contributed by atoms with Gasteiger partial charge in [0.2, 0.25) is 0 Å². The van der Waals surface area contributed by atoms with Crippen molar-refractivity contribution in [1.29, 1.82) is 5.26 Å². The van der Waals surface area contributed by atoms with Gasteiger partial charge in [-0.1, -0.05) is 56.3 Å². The number of ether oxygens (including phenoxy) is 1. The fourth-order valence-corrected chi connectivity index (χ4v) is 2.37. The molecule has 3 heteroatoms. The molecule has 0 aliphatic rings. The predicted octanol–water partition coefficient (Wildman–Crippen LogP) is 4.17.